The average molecular weight is 234 g/mol. The van der Waals surface area contributed by atoms with Gasteiger partial charge in [0.25, 0.3) is 0 Å². The summed E-state index contributed by atoms with van der Waals surface area (Å²) in [4.78, 5) is 13.6. The van der Waals surface area contributed by atoms with E-state index in [9.17, 15) is 4.79 Å². The van der Waals surface area contributed by atoms with Gasteiger partial charge in [-0.25, -0.2) is 0 Å². The van der Waals surface area contributed by atoms with Crippen molar-refractivity contribution in [2.45, 2.75) is 19.4 Å². The van der Waals surface area contributed by atoms with Gasteiger partial charge in [0.2, 0.25) is 0 Å². The lowest BCUT2D eigenvalue weighted by Crippen LogP contribution is -2.43. The molecular weight excluding hydrogens is 216 g/mol. The minimum Gasteiger partial charge on any atom is -0.465 e. The second-order valence-corrected chi connectivity index (χ2v) is 4.18. The van der Waals surface area contributed by atoms with Crippen molar-refractivity contribution in [1.82, 2.24) is 0 Å². The van der Waals surface area contributed by atoms with Crippen LogP contribution in [-0.2, 0) is 16.0 Å². The smallest absolute Gasteiger partial charge is 0.324 e. The third-order valence-corrected chi connectivity index (χ3v) is 2.99. The summed E-state index contributed by atoms with van der Waals surface area (Å²) in [6, 6.07) is 7.66. The highest BCUT2D eigenvalue weighted by Crippen LogP contribution is 2.27. The van der Waals surface area contributed by atoms with Crippen LogP contribution < -0.4 is 10.6 Å². The molecule has 0 radical (unpaired) electrons. The lowest BCUT2D eigenvalue weighted by Gasteiger charge is -2.22. The van der Waals surface area contributed by atoms with Crippen LogP contribution in [0.1, 0.15) is 12.5 Å². The fraction of sp³-hybridized carbons (Fsp3) is 0.462. The number of hydrogen-bond acceptors (Lipinski definition) is 4. The van der Waals surface area contributed by atoms with Crippen LogP contribution in [0.3, 0.4) is 0 Å². The molecule has 0 aromatic heterocycles. The molecule has 2 rings (SSSR count). The van der Waals surface area contributed by atoms with Crippen molar-refractivity contribution < 1.29 is 9.53 Å². The Morgan fingerprint density at radius 2 is 2.29 bits per heavy atom. The van der Waals surface area contributed by atoms with Gasteiger partial charge in [0, 0.05) is 18.8 Å². The van der Waals surface area contributed by atoms with E-state index < -0.39 is 6.04 Å². The number of hydrogen-bond donors (Lipinski definition) is 1. The highest BCUT2D eigenvalue weighted by molar-refractivity contribution is 5.76. The highest BCUT2D eigenvalue weighted by atomic mass is 16.5. The van der Waals surface area contributed by atoms with Gasteiger partial charge in [-0.15, -0.1) is 0 Å². The number of ether oxygens (including phenoxy) is 1. The molecule has 1 aromatic rings. The Labute approximate surface area is 101 Å². The van der Waals surface area contributed by atoms with Crippen molar-refractivity contribution in [3.05, 3.63) is 29.8 Å². The second kappa shape index (κ2) is 5.19. The average Bonchev–Trinajstić information content (AvgIpc) is 2.73. The zero-order valence-electron chi connectivity index (χ0n) is 10.1. The summed E-state index contributed by atoms with van der Waals surface area (Å²) in [6.45, 7) is 3.61. The van der Waals surface area contributed by atoms with Gasteiger partial charge < -0.3 is 15.4 Å². The molecule has 92 valence electrons. The number of carbonyl (C=O) groups is 1. The second-order valence-electron chi connectivity index (χ2n) is 4.18. The molecule has 0 aliphatic carbocycles. The van der Waals surface area contributed by atoms with Crippen molar-refractivity contribution in [3.8, 4) is 0 Å². The van der Waals surface area contributed by atoms with Crippen molar-refractivity contribution >= 4 is 11.7 Å². The minimum absolute atomic E-state index is 0.322. The van der Waals surface area contributed by atoms with Gasteiger partial charge in [0.15, 0.2) is 0 Å². The summed E-state index contributed by atoms with van der Waals surface area (Å²) >= 11 is 0. The molecule has 1 aliphatic heterocycles. The first-order valence-electron chi connectivity index (χ1n) is 5.97. The third-order valence-electron chi connectivity index (χ3n) is 2.99. The van der Waals surface area contributed by atoms with E-state index in [0.29, 0.717) is 13.2 Å². The highest BCUT2D eigenvalue weighted by Gasteiger charge is 2.23. The maximum atomic E-state index is 11.5. The number of anilines is 1. The molecule has 1 unspecified atom stereocenters. The van der Waals surface area contributed by atoms with Crippen molar-refractivity contribution in [1.29, 1.82) is 0 Å². The molecule has 4 heteroatoms. The van der Waals surface area contributed by atoms with Crippen LogP contribution in [0.2, 0.25) is 0 Å². The Bertz CT molecular complexity index is 406. The predicted molar refractivity (Wildman–Crippen MR) is 67.0 cm³/mol. The molecule has 4 nitrogen and oxygen atoms in total. The van der Waals surface area contributed by atoms with Gasteiger partial charge in [0.1, 0.15) is 6.04 Å². The quantitative estimate of drug-likeness (QED) is 0.788. The van der Waals surface area contributed by atoms with E-state index in [4.69, 9.17) is 10.5 Å². The number of nitrogens with zero attached hydrogens (tertiary/aromatic N) is 1. The summed E-state index contributed by atoms with van der Waals surface area (Å²) in [6.07, 6.45) is 1.02. The Balaban J connectivity index is 1.99. The van der Waals surface area contributed by atoms with Crippen LogP contribution in [0.25, 0.3) is 0 Å². The molecule has 1 heterocycles. The van der Waals surface area contributed by atoms with Gasteiger partial charge in [-0.05, 0) is 25.0 Å². The molecule has 0 saturated heterocycles. The topological polar surface area (TPSA) is 55.6 Å². The molecular formula is C13H18N2O2. The largest absolute Gasteiger partial charge is 0.465 e. The fourth-order valence-corrected chi connectivity index (χ4v) is 2.16. The van der Waals surface area contributed by atoms with Crippen molar-refractivity contribution in [2.75, 3.05) is 24.6 Å². The van der Waals surface area contributed by atoms with E-state index in [0.717, 1.165) is 13.0 Å². The maximum absolute atomic E-state index is 11.5. The van der Waals surface area contributed by atoms with Crippen LogP contribution in [0, 0.1) is 0 Å². The molecule has 0 bridgehead atoms. The summed E-state index contributed by atoms with van der Waals surface area (Å²) in [5.41, 5.74) is 8.33. The lowest BCUT2D eigenvalue weighted by atomic mass is 10.2. The Morgan fingerprint density at radius 3 is 3.06 bits per heavy atom. The number of fused-ring (bicyclic) bond motifs is 1. The van der Waals surface area contributed by atoms with Gasteiger partial charge in [-0.2, -0.15) is 0 Å². The van der Waals surface area contributed by atoms with Gasteiger partial charge in [-0.3, -0.25) is 4.79 Å². The molecule has 0 fully saturated rings. The molecule has 1 atom stereocenters. The van der Waals surface area contributed by atoms with Crippen LogP contribution in [0.15, 0.2) is 24.3 Å². The number of rotatable bonds is 4. The lowest BCUT2D eigenvalue weighted by molar-refractivity contribution is -0.144. The first-order chi connectivity index (χ1) is 8.22. The summed E-state index contributed by atoms with van der Waals surface area (Å²) in [5.74, 6) is -0.322. The summed E-state index contributed by atoms with van der Waals surface area (Å²) in [5, 5.41) is 0. The van der Waals surface area contributed by atoms with Crippen LogP contribution >= 0.6 is 0 Å². The normalized spacial score (nSPS) is 15.5. The molecule has 1 aromatic carbocycles. The van der Waals surface area contributed by atoms with E-state index in [1.54, 1.807) is 6.92 Å². The van der Waals surface area contributed by atoms with E-state index >= 15 is 0 Å². The van der Waals surface area contributed by atoms with E-state index in [2.05, 4.69) is 17.0 Å². The zero-order valence-corrected chi connectivity index (χ0v) is 10.1. The minimum atomic E-state index is -0.568. The van der Waals surface area contributed by atoms with Gasteiger partial charge in [0.05, 0.1) is 6.61 Å². The summed E-state index contributed by atoms with van der Waals surface area (Å²) < 4.78 is 4.91. The van der Waals surface area contributed by atoms with Crippen molar-refractivity contribution in [2.24, 2.45) is 5.73 Å². The van der Waals surface area contributed by atoms with Crippen LogP contribution in [0.5, 0.6) is 0 Å². The monoisotopic (exact) mass is 234 g/mol. The van der Waals surface area contributed by atoms with Gasteiger partial charge >= 0.3 is 5.97 Å². The zero-order chi connectivity index (χ0) is 12.3. The Morgan fingerprint density at radius 1 is 1.53 bits per heavy atom. The third kappa shape index (κ3) is 2.58. The predicted octanol–water partition coefficient (Wildman–Crippen LogP) is 0.940. The van der Waals surface area contributed by atoms with E-state index in [-0.39, 0.29) is 5.97 Å². The molecule has 0 saturated carbocycles. The molecule has 2 N–H and O–H groups in total. The van der Waals surface area contributed by atoms with Crippen LogP contribution in [-0.4, -0.2) is 31.7 Å². The van der Waals surface area contributed by atoms with E-state index in [1.807, 2.05) is 12.1 Å². The summed E-state index contributed by atoms with van der Waals surface area (Å²) in [7, 11) is 0. The van der Waals surface area contributed by atoms with Gasteiger partial charge in [-0.1, -0.05) is 18.2 Å². The number of benzene rings is 1. The van der Waals surface area contributed by atoms with Crippen molar-refractivity contribution in [3.63, 3.8) is 0 Å². The fourth-order valence-electron chi connectivity index (χ4n) is 2.16. The molecule has 1 aliphatic rings. The standard InChI is InChI=1S/C13H18N2O2/c1-2-17-13(16)11(14)9-15-8-7-10-5-3-4-6-12(10)15/h3-6,11H,2,7-9,14H2,1H3. The van der Waals surface area contributed by atoms with Crippen LogP contribution in [0.4, 0.5) is 5.69 Å². The van der Waals surface area contributed by atoms with E-state index in [1.165, 1.54) is 11.3 Å². The molecule has 0 spiro atoms. The Hall–Kier alpha value is -1.55. The molecule has 0 amide bonds. The molecule has 17 heavy (non-hydrogen) atoms. The number of esters is 1. The first-order valence-corrected chi connectivity index (χ1v) is 5.97. The maximum Gasteiger partial charge on any atom is 0.324 e. The first kappa shape index (κ1) is 11.9. The number of nitrogens with two attached hydrogens (primary N) is 1. The number of carbonyl (C=O) groups excluding carboxylic acids is 1. The number of para-hydroxylation sites is 1. The Kier molecular flexibility index (Phi) is 3.64. The SMILES string of the molecule is CCOC(=O)C(N)CN1CCc2ccccc21.